The van der Waals surface area contributed by atoms with E-state index >= 15 is 0 Å². The Bertz CT molecular complexity index is 1030. The number of carbonyl (C=O) groups is 2. The van der Waals surface area contributed by atoms with Gasteiger partial charge in [0.05, 0.1) is 11.5 Å². The Morgan fingerprint density at radius 3 is 2.50 bits per heavy atom. The average molecular weight is 462 g/mol. The molecule has 4 aliphatic carbocycles. The van der Waals surface area contributed by atoms with Crippen LogP contribution in [0.5, 0.6) is 0 Å². The number of ether oxygens (including phenoxy) is 1. The molecule has 32 heavy (non-hydrogen) atoms. The summed E-state index contributed by atoms with van der Waals surface area (Å²) in [6, 6.07) is 6.87. The molecule has 0 radical (unpaired) electrons. The molecule has 0 spiro atoms. The van der Waals surface area contributed by atoms with Crippen molar-refractivity contribution in [1.82, 2.24) is 9.62 Å². The molecule has 1 saturated heterocycles. The van der Waals surface area contributed by atoms with E-state index in [0.717, 1.165) is 32.1 Å². The number of carbonyl (C=O) groups excluding carboxylic acids is 2. The van der Waals surface area contributed by atoms with Crippen LogP contribution in [0.25, 0.3) is 0 Å². The molecule has 5 fully saturated rings. The van der Waals surface area contributed by atoms with Crippen molar-refractivity contribution in [3.63, 3.8) is 0 Å². The fourth-order valence-electron chi connectivity index (χ4n) is 6.81. The van der Waals surface area contributed by atoms with Gasteiger partial charge in [0.25, 0.3) is 5.91 Å². The summed E-state index contributed by atoms with van der Waals surface area (Å²) < 4.78 is 33.4. The Morgan fingerprint density at radius 2 is 1.84 bits per heavy atom. The molecule has 3 N–H and O–H groups in total. The zero-order valence-corrected chi connectivity index (χ0v) is 19.1. The fraction of sp³-hybridized carbons (Fsp3) is 0.652. The summed E-state index contributed by atoms with van der Waals surface area (Å²) in [7, 11) is -3.70. The Morgan fingerprint density at radius 1 is 1.16 bits per heavy atom. The van der Waals surface area contributed by atoms with E-state index in [1.165, 1.54) is 4.31 Å². The molecule has 3 atom stereocenters. The highest BCUT2D eigenvalue weighted by Crippen LogP contribution is 2.59. The second-order valence-corrected chi connectivity index (χ2v) is 12.0. The number of hydrogen-bond acceptors (Lipinski definition) is 5. The number of sulfonamides is 1. The molecule has 8 nitrogen and oxygen atoms in total. The predicted molar refractivity (Wildman–Crippen MR) is 117 cm³/mol. The Hall–Kier alpha value is -1.97. The topological polar surface area (TPSA) is 119 Å². The number of nitrogens with one attached hydrogen (secondary N) is 1. The zero-order valence-electron chi connectivity index (χ0n) is 18.3. The third-order valence-corrected chi connectivity index (χ3v) is 10.2. The van der Waals surface area contributed by atoms with E-state index in [-0.39, 0.29) is 54.3 Å². The van der Waals surface area contributed by atoms with Gasteiger partial charge in [0.2, 0.25) is 15.9 Å². The molecule has 1 aromatic carbocycles. The second-order valence-electron chi connectivity index (χ2n) is 10.1. The predicted octanol–water partition coefficient (Wildman–Crippen LogP) is 1.18. The number of benzene rings is 1. The van der Waals surface area contributed by atoms with Gasteiger partial charge in [-0.15, -0.1) is 0 Å². The molecular formula is C23H31N3O5S. The van der Waals surface area contributed by atoms with Crippen LogP contribution in [-0.2, 0) is 24.3 Å². The molecule has 0 aromatic heterocycles. The van der Waals surface area contributed by atoms with Gasteiger partial charge in [-0.1, -0.05) is 18.2 Å². The summed E-state index contributed by atoms with van der Waals surface area (Å²) in [6.07, 6.45) is 3.53. The highest BCUT2D eigenvalue weighted by atomic mass is 32.2. The van der Waals surface area contributed by atoms with Crippen LogP contribution in [0.15, 0.2) is 29.2 Å². The van der Waals surface area contributed by atoms with Crippen LogP contribution in [0.4, 0.5) is 0 Å². The minimum Gasteiger partial charge on any atom is -0.369 e. The van der Waals surface area contributed by atoms with Crippen molar-refractivity contribution in [3.05, 3.63) is 29.8 Å². The first kappa shape index (κ1) is 21.9. The maximum absolute atomic E-state index is 13.2. The molecule has 3 unspecified atom stereocenters. The summed E-state index contributed by atoms with van der Waals surface area (Å²) in [5.41, 5.74) is 6.03. The van der Waals surface area contributed by atoms with Crippen LogP contribution in [-0.4, -0.2) is 56.4 Å². The SMILES string of the molecule is Cc1ccccc1S(=O)(=O)N1CCOC(C(=O)NC2C3CC4CC2CC(C(N)=O)(C4)C3)C1. The van der Waals surface area contributed by atoms with Crippen LogP contribution in [0.2, 0.25) is 0 Å². The van der Waals surface area contributed by atoms with Crippen molar-refractivity contribution in [2.24, 2.45) is 28.9 Å². The zero-order chi connectivity index (χ0) is 22.7. The average Bonchev–Trinajstić information content (AvgIpc) is 2.76. The maximum atomic E-state index is 13.2. The van der Waals surface area contributed by atoms with Gasteiger partial charge < -0.3 is 15.8 Å². The quantitative estimate of drug-likeness (QED) is 0.683. The smallest absolute Gasteiger partial charge is 0.250 e. The molecule has 174 valence electrons. The summed E-state index contributed by atoms with van der Waals surface area (Å²) >= 11 is 0. The normalized spacial score (nSPS) is 36.7. The highest BCUT2D eigenvalue weighted by Gasteiger charge is 2.58. The lowest BCUT2D eigenvalue weighted by atomic mass is 9.47. The first-order valence-corrected chi connectivity index (χ1v) is 12.9. The standard InChI is InChI=1S/C23H31N3O5S/c1-14-4-2-3-5-19(14)32(29,30)26-6-7-31-18(13-26)21(27)25-20-16-8-15-9-17(20)12-23(10-15,11-16)22(24)28/h2-5,15-18,20H,6-13H2,1H3,(H2,24,28)(H,25,27). The molecule has 6 rings (SSSR count). The Labute approximate surface area is 188 Å². The van der Waals surface area contributed by atoms with Crippen molar-refractivity contribution in [3.8, 4) is 0 Å². The number of amides is 2. The third-order valence-electron chi connectivity index (χ3n) is 8.14. The van der Waals surface area contributed by atoms with Crippen LogP contribution >= 0.6 is 0 Å². The number of rotatable bonds is 5. The number of nitrogens with two attached hydrogens (primary N) is 1. The van der Waals surface area contributed by atoms with Crippen LogP contribution in [0.1, 0.15) is 37.7 Å². The van der Waals surface area contributed by atoms with E-state index in [0.29, 0.717) is 11.5 Å². The molecular weight excluding hydrogens is 430 g/mol. The van der Waals surface area contributed by atoms with E-state index < -0.39 is 21.5 Å². The fourth-order valence-corrected chi connectivity index (χ4v) is 8.46. The first-order valence-electron chi connectivity index (χ1n) is 11.5. The minimum absolute atomic E-state index is 0.00141. The Balaban J connectivity index is 1.28. The molecule has 1 aliphatic heterocycles. The largest absolute Gasteiger partial charge is 0.369 e. The highest BCUT2D eigenvalue weighted by molar-refractivity contribution is 7.89. The van der Waals surface area contributed by atoms with E-state index in [9.17, 15) is 18.0 Å². The van der Waals surface area contributed by atoms with E-state index in [1.807, 2.05) is 0 Å². The summed E-state index contributed by atoms with van der Waals surface area (Å²) in [5, 5.41) is 3.17. The lowest BCUT2D eigenvalue weighted by Crippen LogP contribution is -2.63. The number of hydrogen-bond donors (Lipinski definition) is 2. The van der Waals surface area contributed by atoms with Gasteiger partial charge in [-0.05, 0) is 68.4 Å². The molecule has 5 aliphatic rings. The van der Waals surface area contributed by atoms with E-state index in [2.05, 4.69) is 5.32 Å². The minimum atomic E-state index is -3.70. The van der Waals surface area contributed by atoms with Gasteiger partial charge in [-0.25, -0.2) is 8.42 Å². The van der Waals surface area contributed by atoms with E-state index in [4.69, 9.17) is 10.5 Å². The van der Waals surface area contributed by atoms with Crippen LogP contribution < -0.4 is 11.1 Å². The van der Waals surface area contributed by atoms with Gasteiger partial charge in [0.1, 0.15) is 6.10 Å². The van der Waals surface area contributed by atoms with Crippen LogP contribution in [0.3, 0.4) is 0 Å². The molecule has 2 amide bonds. The number of primary amides is 1. The third kappa shape index (κ3) is 3.54. The van der Waals surface area contributed by atoms with Gasteiger partial charge in [-0.3, -0.25) is 9.59 Å². The van der Waals surface area contributed by atoms with Crippen molar-refractivity contribution in [1.29, 1.82) is 0 Å². The van der Waals surface area contributed by atoms with Gasteiger partial charge >= 0.3 is 0 Å². The molecule has 1 heterocycles. The Kier molecular flexibility index (Phi) is 5.34. The van der Waals surface area contributed by atoms with Gasteiger partial charge in [0.15, 0.2) is 0 Å². The lowest BCUT2D eigenvalue weighted by Gasteiger charge is -2.59. The van der Waals surface area contributed by atoms with Crippen molar-refractivity contribution in [2.75, 3.05) is 19.7 Å². The molecule has 4 saturated carbocycles. The van der Waals surface area contributed by atoms with E-state index in [1.54, 1.807) is 31.2 Å². The van der Waals surface area contributed by atoms with Crippen molar-refractivity contribution < 1.29 is 22.7 Å². The lowest BCUT2D eigenvalue weighted by molar-refractivity contribution is -0.150. The maximum Gasteiger partial charge on any atom is 0.250 e. The van der Waals surface area contributed by atoms with Gasteiger partial charge in [0, 0.05) is 24.5 Å². The summed E-state index contributed by atoms with van der Waals surface area (Å²) in [4.78, 5) is 25.5. The first-order chi connectivity index (χ1) is 15.2. The number of aryl methyl sites for hydroxylation is 1. The van der Waals surface area contributed by atoms with Crippen LogP contribution in [0, 0.1) is 30.1 Å². The number of morpholine rings is 1. The summed E-state index contributed by atoms with van der Waals surface area (Å²) in [6.45, 7) is 2.16. The molecule has 1 aromatic rings. The second kappa shape index (κ2) is 7.81. The summed E-state index contributed by atoms with van der Waals surface area (Å²) in [5.74, 6) is 0.532. The molecule has 4 bridgehead atoms. The number of nitrogens with zero attached hydrogens (tertiary/aromatic N) is 1. The monoisotopic (exact) mass is 461 g/mol. The molecule has 9 heteroatoms. The van der Waals surface area contributed by atoms with Crippen molar-refractivity contribution in [2.45, 2.75) is 56.1 Å². The van der Waals surface area contributed by atoms with Crippen molar-refractivity contribution >= 4 is 21.8 Å². The van der Waals surface area contributed by atoms with Gasteiger partial charge in [-0.2, -0.15) is 4.31 Å².